The standard InChI is InChI=1S/C8H8INO2/c1-4(11)5-2-7(10)8(12)3-6(5)9/h2-3,12H,10H2,1H3. The van der Waals surface area contributed by atoms with E-state index in [1.165, 1.54) is 19.1 Å². The van der Waals surface area contributed by atoms with Crippen LogP contribution in [0.2, 0.25) is 0 Å². The molecule has 0 fully saturated rings. The van der Waals surface area contributed by atoms with Gasteiger partial charge >= 0.3 is 0 Å². The number of benzene rings is 1. The number of Topliss-reactive ketones (excluding diaryl/α,β-unsaturated/α-hetero) is 1. The maximum absolute atomic E-state index is 11.0. The van der Waals surface area contributed by atoms with Crippen LogP contribution in [0.3, 0.4) is 0 Å². The van der Waals surface area contributed by atoms with Crippen LogP contribution < -0.4 is 5.73 Å². The Bertz CT molecular complexity index is 336. The fraction of sp³-hybridized carbons (Fsp3) is 0.125. The average Bonchev–Trinajstić information content (AvgIpc) is 1.96. The first kappa shape index (κ1) is 9.31. The van der Waals surface area contributed by atoms with Crippen molar-refractivity contribution in [3.63, 3.8) is 0 Å². The van der Waals surface area contributed by atoms with Crippen LogP contribution in [0.4, 0.5) is 5.69 Å². The number of carbonyl (C=O) groups is 1. The molecule has 1 rings (SSSR count). The molecule has 0 aliphatic carbocycles. The molecule has 64 valence electrons. The predicted octanol–water partition coefficient (Wildman–Crippen LogP) is 1.78. The van der Waals surface area contributed by atoms with E-state index in [1.54, 1.807) is 0 Å². The summed E-state index contributed by atoms with van der Waals surface area (Å²) in [6.45, 7) is 1.47. The highest BCUT2D eigenvalue weighted by molar-refractivity contribution is 14.1. The van der Waals surface area contributed by atoms with Crippen molar-refractivity contribution < 1.29 is 9.90 Å². The van der Waals surface area contributed by atoms with Gasteiger partial charge in [-0.15, -0.1) is 0 Å². The highest BCUT2D eigenvalue weighted by Gasteiger charge is 2.08. The van der Waals surface area contributed by atoms with Gasteiger partial charge in [0.2, 0.25) is 0 Å². The second kappa shape index (κ2) is 3.30. The van der Waals surface area contributed by atoms with E-state index in [1.807, 2.05) is 22.6 Å². The molecule has 0 saturated heterocycles. The quantitative estimate of drug-likeness (QED) is 0.356. The number of nitrogen functional groups attached to an aromatic ring is 1. The molecule has 0 aliphatic rings. The molecule has 0 unspecified atom stereocenters. The Morgan fingerprint density at radius 3 is 2.67 bits per heavy atom. The van der Waals surface area contributed by atoms with E-state index >= 15 is 0 Å². The monoisotopic (exact) mass is 277 g/mol. The topological polar surface area (TPSA) is 63.3 Å². The van der Waals surface area contributed by atoms with Crippen molar-refractivity contribution in [2.24, 2.45) is 0 Å². The van der Waals surface area contributed by atoms with E-state index in [-0.39, 0.29) is 17.2 Å². The smallest absolute Gasteiger partial charge is 0.160 e. The van der Waals surface area contributed by atoms with Crippen LogP contribution in [0.25, 0.3) is 0 Å². The number of phenols is 1. The molecule has 0 amide bonds. The summed E-state index contributed by atoms with van der Waals surface area (Å²) < 4.78 is 0.715. The van der Waals surface area contributed by atoms with Crippen molar-refractivity contribution >= 4 is 34.1 Å². The number of nitrogens with two attached hydrogens (primary N) is 1. The van der Waals surface area contributed by atoms with Crippen LogP contribution in [-0.4, -0.2) is 10.9 Å². The van der Waals surface area contributed by atoms with Crippen molar-refractivity contribution in [3.8, 4) is 5.75 Å². The van der Waals surface area contributed by atoms with Gasteiger partial charge in [-0.25, -0.2) is 0 Å². The van der Waals surface area contributed by atoms with E-state index in [4.69, 9.17) is 10.8 Å². The Morgan fingerprint density at radius 1 is 1.58 bits per heavy atom. The Balaban J connectivity index is 3.33. The number of ketones is 1. The second-order valence-corrected chi connectivity index (χ2v) is 3.61. The third kappa shape index (κ3) is 1.69. The summed E-state index contributed by atoms with van der Waals surface area (Å²) >= 11 is 1.98. The Hall–Kier alpha value is -0.780. The number of hydrogen-bond donors (Lipinski definition) is 2. The summed E-state index contributed by atoms with van der Waals surface area (Å²) in [4.78, 5) is 11.0. The summed E-state index contributed by atoms with van der Waals surface area (Å²) in [5, 5.41) is 9.17. The van der Waals surface area contributed by atoms with Gasteiger partial charge in [0.15, 0.2) is 5.78 Å². The van der Waals surface area contributed by atoms with Crippen LogP contribution in [0, 0.1) is 3.57 Å². The third-order valence-corrected chi connectivity index (χ3v) is 2.39. The first-order valence-corrected chi connectivity index (χ1v) is 4.39. The minimum atomic E-state index is -0.0499. The predicted molar refractivity (Wildman–Crippen MR) is 55.2 cm³/mol. The van der Waals surface area contributed by atoms with Gasteiger partial charge in [-0.1, -0.05) is 0 Å². The van der Waals surface area contributed by atoms with E-state index < -0.39 is 0 Å². The minimum Gasteiger partial charge on any atom is -0.506 e. The average molecular weight is 277 g/mol. The summed E-state index contributed by atoms with van der Waals surface area (Å²) in [5.41, 5.74) is 6.21. The summed E-state index contributed by atoms with van der Waals surface area (Å²) in [6, 6.07) is 2.96. The van der Waals surface area contributed by atoms with Crippen molar-refractivity contribution in [1.82, 2.24) is 0 Å². The molecular weight excluding hydrogens is 269 g/mol. The number of aromatic hydroxyl groups is 1. The lowest BCUT2D eigenvalue weighted by atomic mass is 10.1. The minimum absolute atomic E-state index is 0.0180. The van der Waals surface area contributed by atoms with Crippen molar-refractivity contribution in [1.29, 1.82) is 0 Å². The lowest BCUT2D eigenvalue weighted by Crippen LogP contribution is -1.98. The third-order valence-electron chi connectivity index (χ3n) is 1.50. The van der Waals surface area contributed by atoms with Gasteiger partial charge < -0.3 is 10.8 Å². The van der Waals surface area contributed by atoms with Gasteiger partial charge in [0.1, 0.15) is 5.75 Å². The largest absolute Gasteiger partial charge is 0.506 e. The summed E-state index contributed by atoms with van der Waals surface area (Å²) in [7, 11) is 0. The maximum Gasteiger partial charge on any atom is 0.160 e. The maximum atomic E-state index is 11.0. The Labute approximate surface area is 83.7 Å². The molecule has 12 heavy (non-hydrogen) atoms. The highest BCUT2D eigenvalue weighted by Crippen LogP contribution is 2.25. The molecule has 3 N–H and O–H groups in total. The molecule has 0 radical (unpaired) electrons. The van der Waals surface area contributed by atoms with Crippen LogP contribution in [0.15, 0.2) is 12.1 Å². The Morgan fingerprint density at radius 2 is 2.17 bits per heavy atom. The summed E-state index contributed by atoms with van der Waals surface area (Å²) in [6.07, 6.45) is 0. The zero-order chi connectivity index (χ0) is 9.30. The van der Waals surface area contributed by atoms with E-state index in [2.05, 4.69) is 0 Å². The van der Waals surface area contributed by atoms with Crippen molar-refractivity contribution in [3.05, 3.63) is 21.3 Å². The SMILES string of the molecule is CC(=O)c1cc(N)c(O)cc1I. The lowest BCUT2D eigenvalue weighted by molar-refractivity contribution is 0.101. The number of phenolic OH excluding ortho intramolecular Hbond substituents is 1. The molecule has 3 nitrogen and oxygen atoms in total. The van der Waals surface area contributed by atoms with Crippen LogP contribution in [0.1, 0.15) is 17.3 Å². The van der Waals surface area contributed by atoms with Gasteiger partial charge in [-0.05, 0) is 41.6 Å². The fourth-order valence-electron chi connectivity index (χ4n) is 0.849. The van der Waals surface area contributed by atoms with Gasteiger partial charge in [-0.3, -0.25) is 4.79 Å². The van der Waals surface area contributed by atoms with Crippen molar-refractivity contribution in [2.75, 3.05) is 5.73 Å². The lowest BCUT2D eigenvalue weighted by Gasteiger charge is -2.03. The number of rotatable bonds is 1. The second-order valence-electron chi connectivity index (χ2n) is 2.45. The van der Waals surface area contributed by atoms with Crippen molar-refractivity contribution in [2.45, 2.75) is 6.92 Å². The molecule has 0 bridgehead atoms. The van der Waals surface area contributed by atoms with Gasteiger partial charge in [-0.2, -0.15) is 0 Å². The number of halogens is 1. The van der Waals surface area contributed by atoms with Crippen LogP contribution in [0.5, 0.6) is 5.75 Å². The molecule has 0 heterocycles. The molecule has 4 heteroatoms. The zero-order valence-electron chi connectivity index (χ0n) is 6.47. The molecule has 1 aromatic rings. The first-order chi connectivity index (χ1) is 5.52. The molecule has 0 aliphatic heterocycles. The van der Waals surface area contributed by atoms with E-state index in [0.29, 0.717) is 9.13 Å². The fourth-order valence-corrected chi connectivity index (χ4v) is 1.68. The first-order valence-electron chi connectivity index (χ1n) is 3.31. The van der Waals surface area contributed by atoms with E-state index in [0.717, 1.165) is 0 Å². The van der Waals surface area contributed by atoms with Crippen LogP contribution >= 0.6 is 22.6 Å². The van der Waals surface area contributed by atoms with E-state index in [9.17, 15) is 4.79 Å². The number of hydrogen-bond acceptors (Lipinski definition) is 3. The molecule has 1 aromatic carbocycles. The molecule has 0 saturated carbocycles. The molecule has 0 atom stereocenters. The zero-order valence-corrected chi connectivity index (χ0v) is 8.62. The van der Waals surface area contributed by atoms with Gasteiger partial charge in [0.05, 0.1) is 5.69 Å². The normalized spacial score (nSPS) is 9.83. The Kier molecular flexibility index (Phi) is 2.56. The number of carbonyl (C=O) groups excluding carboxylic acids is 1. The number of anilines is 1. The highest BCUT2D eigenvalue weighted by atomic mass is 127. The summed E-state index contributed by atoms with van der Waals surface area (Å²) in [5.74, 6) is -0.0319. The molecule has 0 aromatic heterocycles. The molecule has 0 spiro atoms. The molecular formula is C8H8INO2. The van der Waals surface area contributed by atoms with Gasteiger partial charge in [0.25, 0.3) is 0 Å². The van der Waals surface area contributed by atoms with Crippen LogP contribution in [-0.2, 0) is 0 Å². The van der Waals surface area contributed by atoms with Gasteiger partial charge in [0, 0.05) is 9.13 Å².